The van der Waals surface area contributed by atoms with Crippen molar-refractivity contribution in [3.05, 3.63) is 27.6 Å². The molecule has 26 heavy (non-hydrogen) atoms. The first-order chi connectivity index (χ1) is 12.7. The second-order valence-corrected chi connectivity index (χ2v) is 7.81. The highest BCUT2D eigenvalue weighted by atomic mass is 32.1. The molecule has 1 fully saturated rings. The molecule has 4 rings (SSSR count). The SMILES string of the molecule is CCCCCn1c(=O)c2sccc2n2c(CCC(=O)NC3CC3)nnc12. The molecule has 3 aromatic rings. The number of fused-ring (bicyclic) bond motifs is 3. The molecule has 0 radical (unpaired) electrons. The molecule has 8 heteroatoms. The van der Waals surface area contributed by atoms with E-state index < -0.39 is 0 Å². The Kier molecular flexibility index (Phi) is 4.76. The highest BCUT2D eigenvalue weighted by Crippen LogP contribution is 2.21. The molecule has 0 unspecified atom stereocenters. The number of carbonyl (C=O) groups is 1. The highest BCUT2D eigenvalue weighted by molar-refractivity contribution is 7.17. The Morgan fingerprint density at radius 3 is 2.96 bits per heavy atom. The molecule has 0 bridgehead atoms. The summed E-state index contributed by atoms with van der Waals surface area (Å²) in [6, 6.07) is 2.30. The van der Waals surface area contributed by atoms with Crippen LogP contribution in [-0.4, -0.2) is 31.1 Å². The fourth-order valence-electron chi connectivity index (χ4n) is 3.22. The summed E-state index contributed by atoms with van der Waals surface area (Å²) < 4.78 is 4.40. The zero-order valence-electron chi connectivity index (χ0n) is 14.9. The predicted molar refractivity (Wildman–Crippen MR) is 102 cm³/mol. The summed E-state index contributed by atoms with van der Waals surface area (Å²) in [5.41, 5.74) is 0.841. The molecule has 1 amide bonds. The van der Waals surface area contributed by atoms with Crippen LogP contribution in [0.5, 0.6) is 0 Å². The van der Waals surface area contributed by atoms with Crippen LogP contribution in [0.2, 0.25) is 0 Å². The standard InChI is InChI=1S/C18H23N5O2S/c1-2-3-4-10-22-17(25)16-13(9-11-26-16)23-14(20-21-18(22)23)7-8-15(24)19-12-5-6-12/h9,11-12H,2-8,10H2,1H3,(H,19,24). The van der Waals surface area contributed by atoms with Gasteiger partial charge in [0.15, 0.2) is 0 Å². The summed E-state index contributed by atoms with van der Waals surface area (Å²) in [4.78, 5) is 24.8. The summed E-state index contributed by atoms with van der Waals surface area (Å²) in [5.74, 6) is 1.37. The molecule has 1 aliphatic carbocycles. The maximum Gasteiger partial charge on any atom is 0.272 e. The average Bonchev–Trinajstić information content (AvgIpc) is 3.14. The summed E-state index contributed by atoms with van der Waals surface area (Å²) >= 11 is 1.45. The number of hydrogen-bond acceptors (Lipinski definition) is 5. The van der Waals surface area contributed by atoms with Gasteiger partial charge in [0.2, 0.25) is 11.7 Å². The fraction of sp³-hybridized carbons (Fsp3) is 0.556. The molecule has 1 N–H and O–H groups in total. The Balaban J connectivity index is 1.68. The van der Waals surface area contributed by atoms with Gasteiger partial charge in [-0.2, -0.15) is 0 Å². The molecule has 0 spiro atoms. The van der Waals surface area contributed by atoms with Crippen LogP contribution in [0.25, 0.3) is 16.0 Å². The zero-order valence-corrected chi connectivity index (χ0v) is 15.7. The van der Waals surface area contributed by atoms with Crippen LogP contribution in [-0.2, 0) is 17.8 Å². The van der Waals surface area contributed by atoms with Crippen molar-refractivity contribution in [3.8, 4) is 0 Å². The number of unbranched alkanes of at least 4 members (excludes halogenated alkanes) is 2. The Morgan fingerprint density at radius 1 is 1.35 bits per heavy atom. The maximum atomic E-state index is 12.8. The number of amides is 1. The van der Waals surface area contributed by atoms with Gasteiger partial charge in [-0.05, 0) is 30.7 Å². The van der Waals surface area contributed by atoms with Crippen molar-refractivity contribution in [1.82, 2.24) is 24.5 Å². The van der Waals surface area contributed by atoms with Crippen molar-refractivity contribution in [2.75, 3.05) is 0 Å². The minimum absolute atomic E-state index is 0.00373. The number of hydrogen-bond donors (Lipinski definition) is 1. The van der Waals surface area contributed by atoms with E-state index in [0.717, 1.165) is 48.1 Å². The molecule has 0 aromatic carbocycles. The van der Waals surface area contributed by atoms with Gasteiger partial charge < -0.3 is 5.32 Å². The maximum absolute atomic E-state index is 12.8. The summed E-state index contributed by atoms with van der Waals surface area (Å²) in [6.07, 6.45) is 6.17. The molecule has 3 heterocycles. The molecule has 0 saturated heterocycles. The highest BCUT2D eigenvalue weighted by Gasteiger charge is 2.23. The van der Waals surface area contributed by atoms with Gasteiger partial charge in [0.25, 0.3) is 5.56 Å². The van der Waals surface area contributed by atoms with Gasteiger partial charge in [0.1, 0.15) is 10.5 Å². The van der Waals surface area contributed by atoms with Gasteiger partial charge in [0, 0.05) is 25.4 Å². The van der Waals surface area contributed by atoms with E-state index in [2.05, 4.69) is 22.4 Å². The summed E-state index contributed by atoms with van der Waals surface area (Å²) in [7, 11) is 0. The zero-order chi connectivity index (χ0) is 18.1. The van der Waals surface area contributed by atoms with Gasteiger partial charge in [-0.25, -0.2) is 0 Å². The number of nitrogens with one attached hydrogen (secondary N) is 1. The van der Waals surface area contributed by atoms with Crippen LogP contribution < -0.4 is 10.9 Å². The molecule has 1 aliphatic rings. The molecule has 0 atom stereocenters. The minimum Gasteiger partial charge on any atom is -0.353 e. The number of aryl methyl sites for hydroxylation is 2. The molecular weight excluding hydrogens is 350 g/mol. The van der Waals surface area contributed by atoms with E-state index in [4.69, 9.17) is 0 Å². The monoisotopic (exact) mass is 373 g/mol. The van der Waals surface area contributed by atoms with E-state index in [-0.39, 0.29) is 11.5 Å². The summed E-state index contributed by atoms with van der Waals surface area (Å²) in [6.45, 7) is 2.78. The van der Waals surface area contributed by atoms with Crippen molar-refractivity contribution < 1.29 is 4.79 Å². The molecule has 7 nitrogen and oxygen atoms in total. The van der Waals surface area contributed by atoms with Crippen LogP contribution >= 0.6 is 11.3 Å². The van der Waals surface area contributed by atoms with Crippen LogP contribution in [0, 0.1) is 0 Å². The lowest BCUT2D eigenvalue weighted by atomic mass is 10.2. The van der Waals surface area contributed by atoms with E-state index in [0.29, 0.717) is 31.2 Å². The first-order valence-corrected chi connectivity index (χ1v) is 10.2. The Bertz CT molecular complexity index is 998. The van der Waals surface area contributed by atoms with Crippen molar-refractivity contribution in [1.29, 1.82) is 0 Å². The van der Waals surface area contributed by atoms with Crippen molar-refractivity contribution >= 4 is 33.2 Å². The quantitative estimate of drug-likeness (QED) is 0.615. The lowest BCUT2D eigenvalue weighted by molar-refractivity contribution is -0.121. The topological polar surface area (TPSA) is 81.3 Å². The van der Waals surface area contributed by atoms with Crippen molar-refractivity contribution in [2.24, 2.45) is 0 Å². The molecule has 138 valence electrons. The van der Waals surface area contributed by atoms with Gasteiger partial charge in [-0.1, -0.05) is 19.8 Å². The normalized spacial score (nSPS) is 14.3. The number of thiophene rings is 1. The lowest BCUT2D eigenvalue weighted by Gasteiger charge is -2.09. The van der Waals surface area contributed by atoms with Crippen LogP contribution in [0.3, 0.4) is 0 Å². The van der Waals surface area contributed by atoms with Crippen molar-refractivity contribution in [3.63, 3.8) is 0 Å². The summed E-state index contributed by atoms with van der Waals surface area (Å²) in [5, 5.41) is 13.5. The Morgan fingerprint density at radius 2 is 2.19 bits per heavy atom. The third kappa shape index (κ3) is 3.25. The first kappa shape index (κ1) is 17.2. The minimum atomic E-state index is 0.00373. The third-order valence-corrected chi connectivity index (χ3v) is 5.67. The lowest BCUT2D eigenvalue weighted by Crippen LogP contribution is -2.26. The third-order valence-electron chi connectivity index (χ3n) is 4.78. The van der Waals surface area contributed by atoms with E-state index in [1.54, 1.807) is 4.57 Å². The van der Waals surface area contributed by atoms with Gasteiger partial charge in [0.05, 0.1) is 5.52 Å². The van der Waals surface area contributed by atoms with Crippen LogP contribution in [0.4, 0.5) is 0 Å². The number of aromatic nitrogens is 4. The van der Waals surface area contributed by atoms with Gasteiger partial charge >= 0.3 is 0 Å². The average molecular weight is 373 g/mol. The fourth-order valence-corrected chi connectivity index (χ4v) is 4.04. The van der Waals surface area contributed by atoms with E-state index in [9.17, 15) is 9.59 Å². The smallest absolute Gasteiger partial charge is 0.272 e. The van der Waals surface area contributed by atoms with Gasteiger partial charge in [-0.15, -0.1) is 21.5 Å². The number of carbonyl (C=O) groups excluding carboxylic acids is 1. The van der Waals surface area contributed by atoms with E-state index in [1.165, 1.54) is 11.3 Å². The van der Waals surface area contributed by atoms with Crippen LogP contribution in [0.15, 0.2) is 16.2 Å². The second-order valence-electron chi connectivity index (χ2n) is 6.89. The first-order valence-electron chi connectivity index (χ1n) is 9.32. The van der Waals surface area contributed by atoms with Gasteiger partial charge in [-0.3, -0.25) is 18.6 Å². The Labute approximate surface area is 155 Å². The molecule has 1 saturated carbocycles. The predicted octanol–water partition coefficient (Wildman–Crippen LogP) is 2.51. The number of rotatable bonds is 8. The second kappa shape index (κ2) is 7.19. The van der Waals surface area contributed by atoms with E-state index in [1.807, 2.05) is 15.8 Å². The molecule has 3 aromatic heterocycles. The van der Waals surface area contributed by atoms with E-state index >= 15 is 0 Å². The molecular formula is C18H23N5O2S. The Hall–Kier alpha value is -2.22. The largest absolute Gasteiger partial charge is 0.353 e. The van der Waals surface area contributed by atoms with Crippen molar-refractivity contribution in [2.45, 2.75) is 64.5 Å². The number of nitrogens with zero attached hydrogens (tertiary/aromatic N) is 4. The molecule has 0 aliphatic heterocycles. The van der Waals surface area contributed by atoms with Crippen LogP contribution in [0.1, 0.15) is 51.3 Å².